The molecule has 12 nitrogen and oxygen atoms in total. The van der Waals surface area contributed by atoms with Crippen molar-refractivity contribution >= 4 is 23.2 Å². The number of rotatable bonds is 15. The predicted molar refractivity (Wildman–Crippen MR) is 225 cm³/mol. The van der Waals surface area contributed by atoms with Crippen molar-refractivity contribution in [1.29, 1.82) is 0 Å². The van der Waals surface area contributed by atoms with Crippen molar-refractivity contribution in [2.45, 2.75) is 77.4 Å². The van der Waals surface area contributed by atoms with E-state index in [0.29, 0.717) is 35.9 Å². The first-order valence-electron chi connectivity index (χ1n) is 20.1. The Morgan fingerprint density at radius 2 is 1.79 bits per heavy atom. The standard InChI is InChI=1S/C45H62N6O6/c1-26-36-21-32(45(36,3)4)22-38(26)48-44(55)41-40(27(2)53)39(25-52)57-51(41)23-29-14-12-15-35(42(29)56-9)30-17-31(20-34(19-30)50(7)8)43(54)47-33(24-49(5)6)18-28-13-10-11-16-37(28)46/h10-17,19-20,22,26-27,33,36,38-41,52-53H,18,21,23-25,46H2,1-9H3,(H,47,54)(H,48,55)/t26-,27-,33-,36-,38?,39-,40+,41-/m0/s1. The average molecular weight is 783 g/mol. The molecule has 1 unspecified atom stereocenters. The van der Waals surface area contributed by atoms with Gasteiger partial charge < -0.3 is 41.1 Å². The number of hydrogen-bond acceptors (Lipinski definition) is 10. The maximum atomic E-state index is 14.3. The number of aliphatic hydroxyl groups excluding tert-OH is 2. The predicted octanol–water partition coefficient (Wildman–Crippen LogP) is 4.49. The second-order valence-electron chi connectivity index (χ2n) is 17.3. The summed E-state index contributed by atoms with van der Waals surface area (Å²) in [6, 6.07) is 18.0. The van der Waals surface area contributed by atoms with Crippen LogP contribution in [0.2, 0.25) is 0 Å². The van der Waals surface area contributed by atoms with Crippen molar-refractivity contribution in [2.75, 3.05) is 59.1 Å². The highest BCUT2D eigenvalue weighted by Crippen LogP contribution is 2.58. The van der Waals surface area contributed by atoms with Crippen molar-refractivity contribution in [2.24, 2.45) is 23.2 Å². The largest absolute Gasteiger partial charge is 0.496 e. The first-order valence-corrected chi connectivity index (χ1v) is 20.1. The van der Waals surface area contributed by atoms with Crippen LogP contribution in [0.5, 0.6) is 5.75 Å². The number of benzene rings is 3. The van der Waals surface area contributed by atoms with Gasteiger partial charge in [-0.3, -0.25) is 14.4 Å². The van der Waals surface area contributed by atoms with E-state index in [1.54, 1.807) is 19.1 Å². The minimum Gasteiger partial charge on any atom is -0.496 e. The van der Waals surface area contributed by atoms with E-state index in [1.165, 1.54) is 5.57 Å². The second kappa shape index (κ2) is 17.2. The van der Waals surface area contributed by atoms with Crippen LogP contribution in [0.3, 0.4) is 0 Å². The number of hydroxylamine groups is 2. The summed E-state index contributed by atoms with van der Waals surface area (Å²) in [5, 5.41) is 29.5. The maximum Gasteiger partial charge on any atom is 0.251 e. The van der Waals surface area contributed by atoms with E-state index in [-0.39, 0.29) is 48.4 Å². The van der Waals surface area contributed by atoms with Crippen LogP contribution in [0, 0.1) is 23.2 Å². The zero-order valence-electron chi connectivity index (χ0n) is 35.0. The van der Waals surface area contributed by atoms with Crippen molar-refractivity contribution in [3.63, 3.8) is 0 Å². The van der Waals surface area contributed by atoms with Gasteiger partial charge in [0.1, 0.15) is 17.9 Å². The number of aliphatic hydroxyl groups is 2. The molecule has 0 spiro atoms. The SMILES string of the molecule is COc1c(CN2O[C@@H](CO)[C@@H]([C@H](C)O)[C@H]2C(=O)NC2C=C3C[C@@H]([C@@H]2C)C3(C)C)cccc1-c1cc(C(=O)N[C@@H](Cc2ccccc2N)CN(C)C)cc(N(C)C)c1. The van der Waals surface area contributed by atoms with Crippen LogP contribution >= 0.6 is 0 Å². The lowest BCUT2D eigenvalue weighted by Gasteiger charge is -2.56. The summed E-state index contributed by atoms with van der Waals surface area (Å²) in [5.41, 5.74) is 13.0. The molecule has 1 heterocycles. The molecule has 8 atom stereocenters. The monoisotopic (exact) mass is 782 g/mol. The Morgan fingerprint density at radius 1 is 1.07 bits per heavy atom. The van der Waals surface area contributed by atoms with E-state index >= 15 is 0 Å². The zero-order chi connectivity index (χ0) is 41.3. The molecule has 1 saturated heterocycles. The maximum absolute atomic E-state index is 14.3. The molecular weight excluding hydrogens is 721 g/mol. The van der Waals surface area contributed by atoms with Gasteiger partial charge in [0.2, 0.25) is 5.91 Å². The number of hydrogen-bond donors (Lipinski definition) is 5. The normalized spacial score (nSPS) is 24.9. The van der Waals surface area contributed by atoms with Crippen molar-refractivity contribution < 1.29 is 29.4 Å². The van der Waals surface area contributed by atoms with E-state index in [1.807, 2.05) is 98.7 Å². The van der Waals surface area contributed by atoms with Gasteiger partial charge in [-0.05, 0) is 86.5 Å². The number of likely N-dealkylation sites (N-methyl/N-ethyl adjacent to an activating group) is 1. The molecule has 2 amide bonds. The minimum atomic E-state index is -0.925. The van der Waals surface area contributed by atoms with Crippen molar-refractivity contribution in [1.82, 2.24) is 20.6 Å². The molecule has 4 aliphatic rings. The number of allylic oxidation sites excluding steroid dienone is 1. The molecule has 2 fully saturated rings. The van der Waals surface area contributed by atoms with E-state index in [0.717, 1.165) is 34.4 Å². The van der Waals surface area contributed by atoms with E-state index in [9.17, 15) is 19.8 Å². The Labute approximate surface area is 338 Å². The summed E-state index contributed by atoms with van der Waals surface area (Å²) in [6.07, 6.45) is 2.13. The molecule has 308 valence electrons. The molecule has 3 aromatic rings. The Hall–Kier alpha value is -4.46. The first-order chi connectivity index (χ1) is 27.0. The summed E-state index contributed by atoms with van der Waals surface area (Å²) >= 11 is 0. The summed E-state index contributed by atoms with van der Waals surface area (Å²) in [5.74, 6) is 0.152. The third kappa shape index (κ3) is 8.71. The summed E-state index contributed by atoms with van der Waals surface area (Å²) in [4.78, 5) is 38.6. The average Bonchev–Trinajstić information content (AvgIpc) is 3.54. The number of nitrogens with two attached hydrogens (primary N) is 1. The summed E-state index contributed by atoms with van der Waals surface area (Å²) < 4.78 is 6.10. The van der Waals surface area contributed by atoms with E-state index in [4.69, 9.17) is 15.3 Å². The molecule has 3 aliphatic carbocycles. The molecule has 57 heavy (non-hydrogen) atoms. The van der Waals surface area contributed by atoms with Gasteiger partial charge in [-0.25, -0.2) is 0 Å². The summed E-state index contributed by atoms with van der Waals surface area (Å²) in [7, 11) is 9.42. The first kappa shape index (κ1) is 42.2. The molecule has 7 rings (SSSR count). The highest BCUT2D eigenvalue weighted by molar-refractivity contribution is 5.97. The lowest BCUT2D eigenvalue weighted by Crippen LogP contribution is -2.57. The van der Waals surface area contributed by atoms with Gasteiger partial charge in [-0.1, -0.05) is 68.8 Å². The fraction of sp³-hybridized carbons (Fsp3) is 0.511. The second-order valence-corrected chi connectivity index (χ2v) is 17.3. The molecular formula is C45H62N6O6. The molecule has 3 aromatic carbocycles. The number of ether oxygens (including phenoxy) is 1. The van der Waals surface area contributed by atoms with Gasteiger partial charge in [-0.2, -0.15) is 5.06 Å². The van der Waals surface area contributed by atoms with Gasteiger partial charge in [0.25, 0.3) is 5.91 Å². The van der Waals surface area contributed by atoms with E-state index < -0.39 is 24.2 Å². The number of methoxy groups -OCH3 is 1. The smallest absolute Gasteiger partial charge is 0.251 e. The van der Waals surface area contributed by atoms with Crippen LogP contribution in [0.25, 0.3) is 11.1 Å². The third-order valence-corrected chi connectivity index (χ3v) is 12.5. The van der Waals surface area contributed by atoms with Gasteiger partial charge in [0, 0.05) is 60.7 Å². The minimum absolute atomic E-state index is 0.133. The molecule has 1 saturated carbocycles. The Bertz CT molecular complexity index is 1960. The lowest BCUT2D eigenvalue weighted by molar-refractivity contribution is -0.182. The third-order valence-electron chi connectivity index (χ3n) is 12.5. The topological polar surface area (TPSA) is 153 Å². The van der Waals surface area contributed by atoms with Gasteiger partial charge >= 0.3 is 0 Å². The fourth-order valence-electron chi connectivity index (χ4n) is 9.26. The van der Waals surface area contributed by atoms with Crippen molar-refractivity contribution in [3.8, 4) is 16.9 Å². The zero-order valence-corrected chi connectivity index (χ0v) is 35.0. The molecule has 12 heteroatoms. The Balaban J connectivity index is 1.30. The molecule has 1 aliphatic heterocycles. The number of nitrogens with zero attached hydrogens (tertiary/aromatic N) is 3. The summed E-state index contributed by atoms with van der Waals surface area (Å²) in [6.45, 7) is 8.76. The highest BCUT2D eigenvalue weighted by atomic mass is 16.7. The Morgan fingerprint density at radius 3 is 2.40 bits per heavy atom. The molecule has 0 aromatic heterocycles. The van der Waals surface area contributed by atoms with Crippen LogP contribution in [-0.4, -0.2) is 111 Å². The van der Waals surface area contributed by atoms with Crippen LogP contribution in [-0.2, 0) is 22.6 Å². The number of carbonyl (C=O) groups is 2. The van der Waals surface area contributed by atoms with Gasteiger partial charge in [0.15, 0.2) is 0 Å². The van der Waals surface area contributed by atoms with Gasteiger partial charge in [0.05, 0.1) is 32.4 Å². The quantitative estimate of drug-likeness (QED) is 0.110. The number of amides is 2. The number of carbonyl (C=O) groups excluding carboxylic acids is 2. The Kier molecular flexibility index (Phi) is 12.7. The van der Waals surface area contributed by atoms with Crippen LogP contribution in [0.15, 0.2) is 72.3 Å². The molecule has 6 N–H and O–H groups in total. The van der Waals surface area contributed by atoms with Gasteiger partial charge in [-0.15, -0.1) is 0 Å². The number of nitrogen functional groups attached to an aromatic ring is 1. The number of nitrogens with one attached hydrogen (secondary N) is 2. The van der Waals surface area contributed by atoms with Crippen molar-refractivity contribution in [3.05, 3.63) is 89.0 Å². The highest BCUT2D eigenvalue weighted by Gasteiger charge is 2.53. The molecule has 2 bridgehead atoms. The van der Waals surface area contributed by atoms with E-state index in [2.05, 4.69) is 37.5 Å². The fourth-order valence-corrected chi connectivity index (χ4v) is 9.26. The lowest BCUT2D eigenvalue weighted by atomic mass is 9.50. The number of anilines is 2. The van der Waals surface area contributed by atoms with Crippen LogP contribution < -0.4 is 26.0 Å². The number of fused-ring (bicyclic) bond motifs is 2. The van der Waals surface area contributed by atoms with Crippen LogP contribution in [0.4, 0.5) is 11.4 Å². The molecule has 0 radical (unpaired) electrons. The van der Waals surface area contributed by atoms with Crippen LogP contribution in [0.1, 0.15) is 55.6 Å². The number of para-hydroxylation sites is 2.